The van der Waals surface area contributed by atoms with E-state index in [1.807, 2.05) is 0 Å². The summed E-state index contributed by atoms with van der Waals surface area (Å²) in [5.41, 5.74) is 7.03. The van der Waals surface area contributed by atoms with Gasteiger partial charge >= 0.3 is 5.97 Å². The number of benzene rings is 1. The van der Waals surface area contributed by atoms with Crippen LogP contribution >= 0.6 is 0 Å². The zero-order chi connectivity index (χ0) is 13.0. The maximum atomic E-state index is 13.6. The second-order valence-electron chi connectivity index (χ2n) is 3.89. The van der Waals surface area contributed by atoms with Gasteiger partial charge in [-0.25, -0.2) is 4.39 Å². The number of halogens is 1. The first-order valence-electron chi connectivity index (χ1n) is 5.27. The van der Waals surface area contributed by atoms with E-state index in [4.69, 9.17) is 15.6 Å². The Hall–Kier alpha value is -1.62. The molecule has 1 aromatic carbocycles. The van der Waals surface area contributed by atoms with E-state index >= 15 is 0 Å². The number of hydrogen-bond acceptors (Lipinski definition) is 3. The van der Waals surface area contributed by atoms with Gasteiger partial charge in [0.15, 0.2) is 11.6 Å². The third-order valence-electron chi connectivity index (χ3n) is 2.55. The summed E-state index contributed by atoms with van der Waals surface area (Å²) in [4.78, 5) is 10.4. The molecule has 94 valence electrons. The Morgan fingerprint density at radius 1 is 1.59 bits per heavy atom. The molecule has 0 heterocycles. The fourth-order valence-electron chi connectivity index (χ4n) is 1.68. The van der Waals surface area contributed by atoms with Crippen molar-refractivity contribution in [2.24, 2.45) is 5.73 Å². The van der Waals surface area contributed by atoms with Crippen molar-refractivity contribution in [1.29, 1.82) is 0 Å². The highest BCUT2D eigenvalue weighted by atomic mass is 19.1. The van der Waals surface area contributed by atoms with Crippen LogP contribution in [0.25, 0.3) is 0 Å². The Morgan fingerprint density at radius 2 is 2.24 bits per heavy atom. The number of hydrogen-bond donors (Lipinski definition) is 2. The largest absolute Gasteiger partial charge is 0.493 e. The second-order valence-corrected chi connectivity index (χ2v) is 3.89. The van der Waals surface area contributed by atoms with Crippen molar-refractivity contribution in [2.75, 3.05) is 7.11 Å². The molecule has 0 aliphatic carbocycles. The molecular weight excluding hydrogens is 225 g/mol. The summed E-state index contributed by atoms with van der Waals surface area (Å²) in [5.74, 6) is -1.20. The third-order valence-corrected chi connectivity index (χ3v) is 2.55. The van der Waals surface area contributed by atoms with Crippen LogP contribution in [0.15, 0.2) is 12.1 Å². The van der Waals surface area contributed by atoms with E-state index < -0.39 is 17.8 Å². The number of methoxy groups -OCH3 is 1. The Labute approximate surface area is 99.2 Å². The lowest BCUT2D eigenvalue weighted by molar-refractivity contribution is -0.137. The maximum absolute atomic E-state index is 13.6. The highest BCUT2D eigenvalue weighted by molar-refractivity contribution is 5.66. The number of aliphatic carboxylic acids is 1. The van der Waals surface area contributed by atoms with Crippen molar-refractivity contribution in [3.05, 3.63) is 29.1 Å². The predicted molar refractivity (Wildman–Crippen MR) is 61.5 cm³/mol. The molecule has 0 spiro atoms. The Balaban J connectivity index is 2.88. The zero-order valence-corrected chi connectivity index (χ0v) is 9.87. The molecule has 3 N–H and O–H groups in total. The van der Waals surface area contributed by atoms with Crippen LogP contribution in [0.3, 0.4) is 0 Å². The van der Waals surface area contributed by atoms with E-state index in [0.29, 0.717) is 11.1 Å². The molecule has 5 heteroatoms. The van der Waals surface area contributed by atoms with E-state index in [1.165, 1.54) is 13.2 Å². The average molecular weight is 241 g/mol. The van der Waals surface area contributed by atoms with E-state index in [9.17, 15) is 9.18 Å². The van der Waals surface area contributed by atoms with Crippen LogP contribution in [0, 0.1) is 12.7 Å². The van der Waals surface area contributed by atoms with Gasteiger partial charge in [0.2, 0.25) is 0 Å². The molecule has 0 aromatic heterocycles. The molecule has 0 amide bonds. The first-order valence-corrected chi connectivity index (χ1v) is 5.27. The van der Waals surface area contributed by atoms with Crippen LogP contribution in [0.5, 0.6) is 5.75 Å². The summed E-state index contributed by atoms with van der Waals surface area (Å²) in [5, 5.41) is 8.55. The quantitative estimate of drug-likeness (QED) is 0.827. The number of ether oxygens (including phenoxy) is 1. The molecule has 0 aliphatic rings. The monoisotopic (exact) mass is 241 g/mol. The van der Waals surface area contributed by atoms with Gasteiger partial charge in [-0.1, -0.05) is 6.07 Å². The smallest absolute Gasteiger partial charge is 0.303 e. The van der Waals surface area contributed by atoms with Crippen LogP contribution in [-0.2, 0) is 4.79 Å². The maximum Gasteiger partial charge on any atom is 0.303 e. The molecule has 17 heavy (non-hydrogen) atoms. The summed E-state index contributed by atoms with van der Waals surface area (Å²) < 4.78 is 18.5. The van der Waals surface area contributed by atoms with Crippen molar-refractivity contribution < 1.29 is 19.0 Å². The van der Waals surface area contributed by atoms with Crippen molar-refractivity contribution in [1.82, 2.24) is 0 Å². The molecule has 1 unspecified atom stereocenters. The normalized spacial score (nSPS) is 12.2. The molecule has 1 aromatic rings. The first kappa shape index (κ1) is 13.4. The summed E-state index contributed by atoms with van der Waals surface area (Å²) >= 11 is 0. The topological polar surface area (TPSA) is 72.5 Å². The minimum Gasteiger partial charge on any atom is -0.493 e. The fraction of sp³-hybridized carbons (Fsp3) is 0.417. The highest BCUT2D eigenvalue weighted by Crippen LogP contribution is 2.27. The van der Waals surface area contributed by atoms with Crippen molar-refractivity contribution >= 4 is 5.97 Å². The van der Waals surface area contributed by atoms with Gasteiger partial charge in [-0.3, -0.25) is 4.79 Å². The third kappa shape index (κ3) is 3.42. The first-order chi connectivity index (χ1) is 7.95. The molecule has 0 radical (unpaired) electrons. The molecule has 1 atom stereocenters. The van der Waals surface area contributed by atoms with Crippen LogP contribution in [0.4, 0.5) is 4.39 Å². The van der Waals surface area contributed by atoms with E-state index in [-0.39, 0.29) is 18.6 Å². The Morgan fingerprint density at radius 3 is 2.71 bits per heavy atom. The van der Waals surface area contributed by atoms with Crippen molar-refractivity contribution in [3.63, 3.8) is 0 Å². The lowest BCUT2D eigenvalue weighted by atomic mass is 10.0. The number of aryl methyl sites for hydroxylation is 1. The van der Waals surface area contributed by atoms with Gasteiger partial charge in [0.1, 0.15) is 0 Å². The Bertz CT molecular complexity index is 397. The summed E-state index contributed by atoms with van der Waals surface area (Å²) in [6, 6.07) is 2.53. The van der Waals surface area contributed by atoms with Crippen LogP contribution in [0.1, 0.15) is 30.0 Å². The van der Waals surface area contributed by atoms with Gasteiger partial charge in [-0.2, -0.15) is 0 Å². The Kier molecular flexibility index (Phi) is 4.45. The van der Waals surface area contributed by atoms with E-state index in [0.717, 1.165) is 0 Å². The van der Waals surface area contributed by atoms with Crippen molar-refractivity contribution in [3.8, 4) is 5.75 Å². The van der Waals surface area contributed by atoms with Gasteiger partial charge in [-0.15, -0.1) is 0 Å². The minimum absolute atomic E-state index is 0.0339. The molecule has 0 saturated heterocycles. The average Bonchev–Trinajstić information content (AvgIpc) is 2.25. The molecule has 1 rings (SSSR count). The minimum atomic E-state index is -0.911. The van der Waals surface area contributed by atoms with Gasteiger partial charge in [-0.05, 0) is 30.5 Å². The highest BCUT2D eigenvalue weighted by Gasteiger charge is 2.14. The molecule has 0 aliphatic heterocycles. The zero-order valence-electron chi connectivity index (χ0n) is 9.87. The predicted octanol–water partition coefficient (Wildman–Crippen LogP) is 2.01. The van der Waals surface area contributed by atoms with Crippen LogP contribution < -0.4 is 10.5 Å². The van der Waals surface area contributed by atoms with Gasteiger partial charge in [0.25, 0.3) is 0 Å². The fourth-order valence-corrected chi connectivity index (χ4v) is 1.68. The van der Waals surface area contributed by atoms with Crippen LogP contribution in [0.2, 0.25) is 0 Å². The summed E-state index contributed by atoms with van der Waals surface area (Å²) in [7, 11) is 1.40. The number of nitrogens with two attached hydrogens (primary N) is 1. The molecule has 0 fully saturated rings. The molecule has 0 bridgehead atoms. The van der Waals surface area contributed by atoms with E-state index in [2.05, 4.69) is 0 Å². The summed E-state index contributed by atoms with van der Waals surface area (Å²) in [6.07, 6.45) is 0.244. The molecule has 4 nitrogen and oxygen atoms in total. The van der Waals surface area contributed by atoms with Crippen LogP contribution in [-0.4, -0.2) is 18.2 Å². The number of rotatable bonds is 5. The van der Waals surface area contributed by atoms with Gasteiger partial charge in [0.05, 0.1) is 7.11 Å². The molecule has 0 saturated carbocycles. The lowest BCUT2D eigenvalue weighted by Gasteiger charge is -2.14. The number of carboxylic acid groups (broad SMARTS) is 1. The van der Waals surface area contributed by atoms with Gasteiger partial charge in [0, 0.05) is 12.5 Å². The van der Waals surface area contributed by atoms with Crippen molar-refractivity contribution in [2.45, 2.75) is 25.8 Å². The second kappa shape index (κ2) is 5.63. The number of carboxylic acids is 1. The van der Waals surface area contributed by atoms with Gasteiger partial charge < -0.3 is 15.6 Å². The van der Waals surface area contributed by atoms with E-state index in [1.54, 1.807) is 13.0 Å². The standard InChI is InChI=1S/C12H16FNO3/c1-7-5-8(6-9(13)12(7)17-2)10(14)3-4-11(15)16/h5-6,10H,3-4,14H2,1-2H3,(H,15,16). The lowest BCUT2D eigenvalue weighted by Crippen LogP contribution is -2.13. The number of carbonyl (C=O) groups is 1. The molecular formula is C12H16FNO3. The summed E-state index contributed by atoms with van der Waals surface area (Å²) in [6.45, 7) is 1.72. The SMILES string of the molecule is COc1c(C)cc(C(N)CCC(=O)O)cc1F.